The minimum absolute atomic E-state index is 0.642. The molecule has 0 spiro atoms. The van der Waals surface area contributed by atoms with E-state index in [1.165, 1.54) is 4.88 Å². The van der Waals surface area contributed by atoms with E-state index in [1.807, 2.05) is 39.7 Å². The SMILES string of the molecule is CNc1ncc(C)c(N(C)Cc2scnc2C)n1. The normalized spacial score (nSPS) is 10.4. The number of hydrogen-bond donors (Lipinski definition) is 1. The topological polar surface area (TPSA) is 53.9 Å². The first kappa shape index (κ1) is 12.8. The molecule has 0 bridgehead atoms. The lowest BCUT2D eigenvalue weighted by atomic mass is 10.3. The maximum absolute atomic E-state index is 4.49. The second-order valence-corrected chi connectivity index (χ2v) is 5.11. The van der Waals surface area contributed by atoms with Crippen LogP contribution < -0.4 is 10.2 Å². The van der Waals surface area contributed by atoms with Crippen LogP contribution in [0.25, 0.3) is 0 Å². The average Bonchev–Trinajstić information content (AvgIpc) is 2.75. The van der Waals surface area contributed by atoms with Crippen molar-refractivity contribution in [2.45, 2.75) is 20.4 Å². The average molecular weight is 263 g/mol. The molecule has 2 heterocycles. The minimum Gasteiger partial charge on any atom is -0.357 e. The third-order valence-corrected chi connectivity index (χ3v) is 3.68. The summed E-state index contributed by atoms with van der Waals surface area (Å²) in [6.45, 7) is 4.87. The number of thiazole rings is 1. The van der Waals surface area contributed by atoms with Gasteiger partial charge < -0.3 is 10.2 Å². The Labute approximate surface area is 111 Å². The predicted octanol–water partition coefficient (Wildman–Crippen LogP) is 2.23. The molecule has 0 aliphatic rings. The molecule has 6 heteroatoms. The van der Waals surface area contributed by atoms with Gasteiger partial charge in [-0.05, 0) is 13.8 Å². The van der Waals surface area contributed by atoms with E-state index in [-0.39, 0.29) is 0 Å². The Morgan fingerprint density at radius 1 is 1.33 bits per heavy atom. The summed E-state index contributed by atoms with van der Waals surface area (Å²) in [6, 6.07) is 0. The number of hydrogen-bond acceptors (Lipinski definition) is 6. The molecule has 2 rings (SSSR count). The van der Waals surface area contributed by atoms with Crippen LogP contribution in [0.4, 0.5) is 11.8 Å². The summed E-state index contributed by atoms with van der Waals surface area (Å²) in [4.78, 5) is 16.3. The molecule has 0 saturated carbocycles. The Balaban J connectivity index is 2.23. The molecule has 0 amide bonds. The van der Waals surface area contributed by atoms with Crippen molar-refractivity contribution < 1.29 is 0 Å². The quantitative estimate of drug-likeness (QED) is 0.916. The summed E-state index contributed by atoms with van der Waals surface area (Å²) < 4.78 is 0. The van der Waals surface area contributed by atoms with E-state index in [1.54, 1.807) is 11.3 Å². The molecule has 0 saturated heterocycles. The van der Waals surface area contributed by atoms with E-state index in [0.717, 1.165) is 23.6 Å². The van der Waals surface area contributed by atoms with Crippen molar-refractivity contribution >= 4 is 23.1 Å². The molecule has 96 valence electrons. The summed E-state index contributed by atoms with van der Waals surface area (Å²) in [5.74, 6) is 1.59. The van der Waals surface area contributed by atoms with Gasteiger partial charge in [0, 0.05) is 30.7 Å². The Bertz CT molecular complexity index is 537. The van der Waals surface area contributed by atoms with Crippen molar-refractivity contribution in [1.29, 1.82) is 0 Å². The molecule has 18 heavy (non-hydrogen) atoms. The summed E-state index contributed by atoms with van der Waals surface area (Å²) >= 11 is 1.68. The number of nitrogens with one attached hydrogen (secondary N) is 1. The Hall–Kier alpha value is -1.69. The van der Waals surface area contributed by atoms with Crippen LogP contribution in [0.15, 0.2) is 11.7 Å². The van der Waals surface area contributed by atoms with Gasteiger partial charge in [-0.2, -0.15) is 4.98 Å². The number of anilines is 2. The van der Waals surface area contributed by atoms with Gasteiger partial charge in [0.2, 0.25) is 5.95 Å². The molecular weight excluding hydrogens is 246 g/mol. The molecule has 0 fully saturated rings. The zero-order valence-corrected chi connectivity index (χ0v) is 11.9. The number of rotatable bonds is 4. The predicted molar refractivity (Wildman–Crippen MR) is 75.3 cm³/mol. The van der Waals surface area contributed by atoms with Gasteiger partial charge in [-0.25, -0.2) is 9.97 Å². The zero-order chi connectivity index (χ0) is 13.1. The largest absolute Gasteiger partial charge is 0.357 e. The number of aryl methyl sites for hydroxylation is 2. The van der Waals surface area contributed by atoms with Crippen LogP contribution in [0.2, 0.25) is 0 Å². The molecule has 0 atom stereocenters. The molecule has 0 aliphatic heterocycles. The standard InChI is InChI=1S/C12H17N5S/c1-8-5-14-12(13-3)16-11(8)17(4)6-10-9(2)15-7-18-10/h5,7H,6H2,1-4H3,(H,13,14,16). The van der Waals surface area contributed by atoms with Crippen molar-refractivity contribution in [3.05, 3.63) is 27.8 Å². The van der Waals surface area contributed by atoms with Crippen LogP contribution in [0.1, 0.15) is 16.1 Å². The summed E-state index contributed by atoms with van der Waals surface area (Å²) in [6.07, 6.45) is 1.84. The second kappa shape index (κ2) is 5.30. The first-order valence-corrected chi connectivity index (χ1v) is 6.61. The highest BCUT2D eigenvalue weighted by Crippen LogP contribution is 2.21. The summed E-state index contributed by atoms with van der Waals surface area (Å²) in [5.41, 5.74) is 4.04. The van der Waals surface area contributed by atoms with Crippen LogP contribution >= 0.6 is 11.3 Å². The summed E-state index contributed by atoms with van der Waals surface area (Å²) in [5, 5.41) is 2.96. The number of nitrogens with zero attached hydrogens (tertiary/aromatic N) is 4. The van der Waals surface area contributed by atoms with Crippen molar-refractivity contribution in [3.63, 3.8) is 0 Å². The smallest absolute Gasteiger partial charge is 0.224 e. The summed E-state index contributed by atoms with van der Waals surface area (Å²) in [7, 11) is 3.86. The zero-order valence-electron chi connectivity index (χ0n) is 11.1. The van der Waals surface area contributed by atoms with Gasteiger partial charge in [0.15, 0.2) is 0 Å². The van der Waals surface area contributed by atoms with Crippen LogP contribution in [-0.2, 0) is 6.54 Å². The maximum atomic E-state index is 4.49. The van der Waals surface area contributed by atoms with Crippen LogP contribution in [0.5, 0.6) is 0 Å². The van der Waals surface area contributed by atoms with E-state index in [2.05, 4.69) is 25.2 Å². The van der Waals surface area contributed by atoms with Crippen LogP contribution in [-0.4, -0.2) is 29.0 Å². The Morgan fingerprint density at radius 3 is 2.72 bits per heavy atom. The molecule has 5 nitrogen and oxygen atoms in total. The van der Waals surface area contributed by atoms with E-state index in [4.69, 9.17) is 0 Å². The molecular formula is C12H17N5S. The fraction of sp³-hybridized carbons (Fsp3) is 0.417. The highest BCUT2D eigenvalue weighted by molar-refractivity contribution is 7.09. The lowest BCUT2D eigenvalue weighted by Gasteiger charge is -2.19. The van der Waals surface area contributed by atoms with Crippen molar-refractivity contribution in [1.82, 2.24) is 15.0 Å². The van der Waals surface area contributed by atoms with Gasteiger partial charge in [0.1, 0.15) is 5.82 Å². The third-order valence-electron chi connectivity index (χ3n) is 2.76. The van der Waals surface area contributed by atoms with Crippen molar-refractivity contribution in [3.8, 4) is 0 Å². The molecule has 1 N–H and O–H groups in total. The van der Waals surface area contributed by atoms with Crippen LogP contribution in [0, 0.1) is 13.8 Å². The Morgan fingerprint density at radius 2 is 2.11 bits per heavy atom. The molecule has 0 aromatic carbocycles. The highest BCUT2D eigenvalue weighted by Gasteiger charge is 2.11. The molecule has 2 aromatic heterocycles. The first-order chi connectivity index (χ1) is 8.61. The Kier molecular flexibility index (Phi) is 3.76. The van der Waals surface area contributed by atoms with E-state index < -0.39 is 0 Å². The van der Waals surface area contributed by atoms with Gasteiger partial charge in [-0.1, -0.05) is 0 Å². The van der Waals surface area contributed by atoms with Crippen LogP contribution in [0.3, 0.4) is 0 Å². The van der Waals surface area contributed by atoms with Gasteiger partial charge in [0.05, 0.1) is 17.7 Å². The van der Waals surface area contributed by atoms with Gasteiger partial charge >= 0.3 is 0 Å². The van der Waals surface area contributed by atoms with Gasteiger partial charge in [0.25, 0.3) is 0 Å². The molecule has 0 radical (unpaired) electrons. The number of aromatic nitrogens is 3. The highest BCUT2D eigenvalue weighted by atomic mass is 32.1. The molecule has 0 unspecified atom stereocenters. The maximum Gasteiger partial charge on any atom is 0.224 e. The van der Waals surface area contributed by atoms with E-state index >= 15 is 0 Å². The third kappa shape index (κ3) is 2.59. The molecule has 0 aliphatic carbocycles. The lowest BCUT2D eigenvalue weighted by molar-refractivity contribution is 0.886. The van der Waals surface area contributed by atoms with E-state index in [9.17, 15) is 0 Å². The van der Waals surface area contributed by atoms with Crippen molar-refractivity contribution in [2.24, 2.45) is 0 Å². The molecule has 2 aromatic rings. The second-order valence-electron chi connectivity index (χ2n) is 4.17. The lowest BCUT2D eigenvalue weighted by Crippen LogP contribution is -2.19. The van der Waals surface area contributed by atoms with Gasteiger partial charge in [-0.15, -0.1) is 11.3 Å². The van der Waals surface area contributed by atoms with Crippen molar-refractivity contribution in [2.75, 3.05) is 24.3 Å². The van der Waals surface area contributed by atoms with E-state index in [0.29, 0.717) is 5.95 Å². The fourth-order valence-electron chi connectivity index (χ4n) is 1.71. The fourth-order valence-corrected chi connectivity index (χ4v) is 2.54. The monoisotopic (exact) mass is 263 g/mol. The first-order valence-electron chi connectivity index (χ1n) is 5.73. The minimum atomic E-state index is 0.642. The van der Waals surface area contributed by atoms with Gasteiger partial charge in [-0.3, -0.25) is 0 Å².